The summed E-state index contributed by atoms with van der Waals surface area (Å²) in [5.41, 5.74) is -1.34. The van der Waals surface area contributed by atoms with Gasteiger partial charge in [-0.3, -0.25) is 0 Å². The van der Waals surface area contributed by atoms with Crippen LogP contribution in [0, 0.1) is 0 Å². The predicted octanol–water partition coefficient (Wildman–Crippen LogP) is 1.08. The van der Waals surface area contributed by atoms with Crippen LogP contribution in [-0.2, 0) is 21.0 Å². The summed E-state index contributed by atoms with van der Waals surface area (Å²) in [6.45, 7) is -0.887. The van der Waals surface area contributed by atoms with E-state index >= 15 is 0 Å². The Morgan fingerprint density at radius 1 is 1.38 bits per heavy atom. The molecule has 1 unspecified atom stereocenters. The Kier molecular flexibility index (Phi) is 5.20. The molecule has 3 N–H and O–H groups in total. The minimum absolute atomic E-state index is 0.317. The average Bonchev–Trinajstić information content (AvgIpc) is 2.34. The predicted molar refractivity (Wildman–Crippen MR) is 65.3 cm³/mol. The smallest absolute Gasteiger partial charge is 0.417 e. The molecule has 0 aliphatic carbocycles. The van der Waals surface area contributed by atoms with Crippen molar-refractivity contribution in [1.29, 1.82) is 0 Å². The molecule has 21 heavy (non-hydrogen) atoms. The van der Waals surface area contributed by atoms with Crippen LogP contribution in [0.15, 0.2) is 23.1 Å². The van der Waals surface area contributed by atoms with Crippen LogP contribution in [0.25, 0.3) is 0 Å². The number of halogens is 4. The third kappa shape index (κ3) is 4.56. The van der Waals surface area contributed by atoms with Gasteiger partial charge in [-0.1, -0.05) is 11.6 Å². The molecular weight excluding hydrogens is 339 g/mol. The zero-order valence-electron chi connectivity index (χ0n) is 10.1. The van der Waals surface area contributed by atoms with Gasteiger partial charge in [-0.15, -0.1) is 0 Å². The van der Waals surface area contributed by atoms with Crippen molar-refractivity contribution in [2.75, 3.05) is 6.54 Å². The summed E-state index contributed by atoms with van der Waals surface area (Å²) in [6, 6.07) is 1.90. The lowest BCUT2D eigenvalue weighted by Crippen LogP contribution is -2.36. The first-order chi connectivity index (χ1) is 9.45. The second-order valence-corrected chi connectivity index (χ2v) is 6.02. The lowest BCUT2D eigenvalue weighted by atomic mass is 10.2. The maximum absolute atomic E-state index is 12.6. The zero-order chi connectivity index (χ0) is 16.4. The Labute approximate surface area is 122 Å². The van der Waals surface area contributed by atoms with E-state index in [0.717, 1.165) is 12.1 Å². The molecule has 1 aromatic rings. The monoisotopic (exact) mass is 347 g/mol. The van der Waals surface area contributed by atoms with Gasteiger partial charge in [-0.2, -0.15) is 13.2 Å². The van der Waals surface area contributed by atoms with Crippen LogP contribution in [-0.4, -0.2) is 37.2 Å². The third-order valence-electron chi connectivity index (χ3n) is 2.31. The minimum Gasteiger partial charge on any atom is -0.479 e. The molecule has 0 aliphatic heterocycles. The first-order valence-electron chi connectivity index (χ1n) is 5.22. The normalized spacial score (nSPS) is 14.0. The second-order valence-electron chi connectivity index (χ2n) is 3.85. The van der Waals surface area contributed by atoms with E-state index in [2.05, 4.69) is 0 Å². The quantitative estimate of drug-likeness (QED) is 0.739. The summed E-state index contributed by atoms with van der Waals surface area (Å²) >= 11 is 5.35. The second kappa shape index (κ2) is 6.18. The first-order valence-corrected chi connectivity index (χ1v) is 7.08. The van der Waals surface area contributed by atoms with E-state index in [-0.39, 0.29) is 0 Å². The highest BCUT2D eigenvalue weighted by Crippen LogP contribution is 2.35. The fourth-order valence-corrected chi connectivity index (χ4v) is 2.54. The summed E-state index contributed by atoms with van der Waals surface area (Å²) in [6.07, 6.45) is -6.86. The van der Waals surface area contributed by atoms with Crippen molar-refractivity contribution < 1.29 is 36.6 Å². The van der Waals surface area contributed by atoms with Crippen LogP contribution in [0.3, 0.4) is 0 Å². The standard InChI is InChI=1S/C10H9ClF3NO5S/c11-7-2-1-5(3-6(7)10(12,13)14)21(19,20)15-4-8(16)9(17)18/h1-3,8,15-16H,4H2,(H,17,18). The number of aliphatic hydroxyl groups excluding tert-OH is 1. The van der Waals surface area contributed by atoms with Gasteiger partial charge in [0.15, 0.2) is 6.10 Å². The summed E-state index contributed by atoms with van der Waals surface area (Å²) in [5, 5.41) is 16.6. The largest absolute Gasteiger partial charge is 0.479 e. The molecule has 0 heterocycles. The number of carbonyl (C=O) groups is 1. The zero-order valence-corrected chi connectivity index (χ0v) is 11.6. The molecule has 11 heteroatoms. The average molecular weight is 348 g/mol. The summed E-state index contributed by atoms with van der Waals surface area (Å²) in [7, 11) is -4.42. The molecule has 1 atom stereocenters. The molecule has 0 aliphatic rings. The van der Waals surface area contributed by atoms with Gasteiger partial charge in [0.2, 0.25) is 10.0 Å². The maximum Gasteiger partial charge on any atom is 0.417 e. The summed E-state index contributed by atoms with van der Waals surface area (Å²) in [5.74, 6) is -1.68. The number of rotatable bonds is 5. The van der Waals surface area contributed by atoms with Crippen LogP contribution in [0.2, 0.25) is 5.02 Å². The lowest BCUT2D eigenvalue weighted by molar-refractivity contribution is -0.146. The number of carboxylic acid groups (broad SMARTS) is 1. The molecule has 0 saturated carbocycles. The number of aliphatic hydroxyl groups is 1. The Bertz CT molecular complexity index is 647. The minimum atomic E-state index is -4.84. The van der Waals surface area contributed by atoms with Crippen LogP contribution < -0.4 is 4.72 Å². The Hall–Kier alpha value is -1.36. The van der Waals surface area contributed by atoms with Gasteiger partial charge >= 0.3 is 12.1 Å². The van der Waals surface area contributed by atoms with Crippen molar-refractivity contribution in [3.8, 4) is 0 Å². The highest BCUT2D eigenvalue weighted by molar-refractivity contribution is 7.89. The number of hydrogen-bond acceptors (Lipinski definition) is 4. The van der Waals surface area contributed by atoms with Crippen molar-refractivity contribution in [3.63, 3.8) is 0 Å². The number of hydrogen-bond donors (Lipinski definition) is 3. The maximum atomic E-state index is 12.6. The first kappa shape index (κ1) is 17.7. The van der Waals surface area contributed by atoms with Crippen LogP contribution >= 0.6 is 11.6 Å². The van der Waals surface area contributed by atoms with E-state index in [1.807, 2.05) is 0 Å². The third-order valence-corrected chi connectivity index (χ3v) is 4.06. The molecule has 1 aromatic carbocycles. The van der Waals surface area contributed by atoms with Gasteiger partial charge in [-0.05, 0) is 18.2 Å². The fourth-order valence-electron chi connectivity index (χ4n) is 1.25. The van der Waals surface area contributed by atoms with Crippen molar-refractivity contribution in [2.45, 2.75) is 17.2 Å². The van der Waals surface area contributed by atoms with Crippen molar-refractivity contribution >= 4 is 27.6 Å². The SMILES string of the molecule is O=C(O)C(O)CNS(=O)(=O)c1ccc(Cl)c(C(F)(F)F)c1. The number of nitrogens with one attached hydrogen (secondary N) is 1. The van der Waals surface area contributed by atoms with E-state index < -0.39 is 50.3 Å². The summed E-state index contributed by atoms with van der Waals surface area (Å²) < 4.78 is 63.0. The highest BCUT2D eigenvalue weighted by atomic mass is 35.5. The molecule has 0 spiro atoms. The topological polar surface area (TPSA) is 104 Å². The number of sulfonamides is 1. The molecule has 0 amide bonds. The van der Waals surface area contributed by atoms with E-state index in [1.165, 1.54) is 0 Å². The lowest BCUT2D eigenvalue weighted by Gasteiger charge is -2.12. The highest BCUT2D eigenvalue weighted by Gasteiger charge is 2.34. The van der Waals surface area contributed by atoms with Gasteiger partial charge in [-0.25, -0.2) is 17.9 Å². The number of benzene rings is 1. The number of alkyl halides is 3. The summed E-state index contributed by atoms with van der Waals surface area (Å²) in [4.78, 5) is 9.58. The molecule has 0 saturated heterocycles. The van der Waals surface area contributed by atoms with Crippen LogP contribution in [0.5, 0.6) is 0 Å². The van der Waals surface area contributed by atoms with E-state index in [0.29, 0.717) is 6.07 Å². The van der Waals surface area contributed by atoms with E-state index in [1.54, 1.807) is 4.72 Å². The van der Waals surface area contributed by atoms with Gasteiger partial charge in [0.05, 0.1) is 15.5 Å². The van der Waals surface area contributed by atoms with Gasteiger partial charge in [0.25, 0.3) is 0 Å². The number of aliphatic carboxylic acids is 1. The van der Waals surface area contributed by atoms with Gasteiger partial charge < -0.3 is 10.2 Å². The van der Waals surface area contributed by atoms with Crippen molar-refractivity contribution in [3.05, 3.63) is 28.8 Å². The molecule has 0 bridgehead atoms. The van der Waals surface area contributed by atoms with Crippen molar-refractivity contribution in [1.82, 2.24) is 4.72 Å². The molecular formula is C10H9ClF3NO5S. The van der Waals surface area contributed by atoms with Gasteiger partial charge in [0, 0.05) is 6.54 Å². The Balaban J connectivity index is 3.07. The molecule has 6 nitrogen and oxygen atoms in total. The Morgan fingerprint density at radius 2 is 1.95 bits per heavy atom. The van der Waals surface area contributed by atoms with E-state index in [4.69, 9.17) is 21.8 Å². The van der Waals surface area contributed by atoms with Crippen LogP contribution in [0.4, 0.5) is 13.2 Å². The Morgan fingerprint density at radius 3 is 2.43 bits per heavy atom. The van der Waals surface area contributed by atoms with E-state index in [9.17, 15) is 26.4 Å². The molecule has 0 fully saturated rings. The van der Waals surface area contributed by atoms with Crippen LogP contribution in [0.1, 0.15) is 5.56 Å². The van der Waals surface area contributed by atoms with Crippen molar-refractivity contribution in [2.24, 2.45) is 0 Å². The van der Waals surface area contributed by atoms with Gasteiger partial charge in [0.1, 0.15) is 0 Å². The molecule has 0 aromatic heterocycles. The fraction of sp³-hybridized carbons (Fsp3) is 0.300. The molecule has 0 radical (unpaired) electrons. The molecule has 118 valence electrons. The molecule has 1 rings (SSSR count). The number of carboxylic acids is 1.